The van der Waals surface area contributed by atoms with Gasteiger partial charge in [0.05, 0.1) is 10.9 Å². The van der Waals surface area contributed by atoms with Crippen molar-refractivity contribution < 1.29 is 9.53 Å². The normalized spacial score (nSPS) is 24.5. The number of hydrogen-bond acceptors (Lipinski definition) is 5. The number of H-pyrrole nitrogens is 1. The first-order valence-electron chi connectivity index (χ1n) is 9.50. The Hall–Kier alpha value is -3.09. The van der Waals surface area contributed by atoms with Crippen molar-refractivity contribution >= 4 is 22.9 Å². The van der Waals surface area contributed by atoms with E-state index in [-0.39, 0.29) is 18.2 Å². The van der Waals surface area contributed by atoms with Crippen LogP contribution in [0.25, 0.3) is 11.0 Å². The Labute approximate surface area is 164 Å². The zero-order valence-electron chi connectivity index (χ0n) is 16.1. The van der Waals surface area contributed by atoms with Crippen molar-refractivity contribution in [1.29, 1.82) is 0 Å². The minimum Gasteiger partial charge on any atom is -0.445 e. The van der Waals surface area contributed by atoms with Crippen molar-refractivity contribution in [3.05, 3.63) is 55.5 Å². The topological polar surface area (TPSA) is 74.3 Å². The molecule has 2 aliphatic heterocycles. The average molecular weight is 379 g/mol. The van der Waals surface area contributed by atoms with Crippen LogP contribution in [0.3, 0.4) is 0 Å². The van der Waals surface area contributed by atoms with E-state index in [1.165, 1.54) is 0 Å². The van der Waals surface area contributed by atoms with Crippen LogP contribution in [0.4, 0.5) is 10.6 Å². The standard InChI is InChI=1S/C21H25N5O2/c1-4-6-16(5-2)12-28-20(27)26-11-15(3)21(26)8-10-25(13-21)19-17-7-9-22-18(17)23-14-24-19/h4-7,9,14-15H,1-2,8,10-13H2,3H3,(H,22,23,24)/b16-6+/t15-,21-/m0/s1. The molecule has 2 aromatic heterocycles. The SMILES string of the molecule is C=C/C=C(\C=C)COC(=O)N1C[C@H](C)[C@@]12CCN(c1ncnc3[nH]ccc13)C2. The van der Waals surface area contributed by atoms with Gasteiger partial charge in [-0.3, -0.25) is 4.90 Å². The summed E-state index contributed by atoms with van der Waals surface area (Å²) in [7, 11) is 0. The summed E-state index contributed by atoms with van der Waals surface area (Å²) in [5.41, 5.74) is 1.45. The molecule has 0 aromatic carbocycles. The van der Waals surface area contributed by atoms with Gasteiger partial charge >= 0.3 is 6.09 Å². The maximum Gasteiger partial charge on any atom is 0.410 e. The lowest BCUT2D eigenvalue weighted by atomic mass is 9.74. The van der Waals surface area contributed by atoms with E-state index < -0.39 is 0 Å². The lowest BCUT2D eigenvalue weighted by Gasteiger charge is -2.54. The highest BCUT2D eigenvalue weighted by Gasteiger charge is 2.57. The number of carbonyl (C=O) groups is 1. The van der Waals surface area contributed by atoms with Gasteiger partial charge in [-0.05, 0) is 24.0 Å². The van der Waals surface area contributed by atoms with E-state index in [1.54, 1.807) is 24.6 Å². The lowest BCUT2D eigenvalue weighted by Crippen LogP contribution is -2.69. The van der Waals surface area contributed by atoms with Gasteiger partial charge in [0.2, 0.25) is 0 Å². The van der Waals surface area contributed by atoms with Crippen LogP contribution in [-0.2, 0) is 4.74 Å². The van der Waals surface area contributed by atoms with Gasteiger partial charge < -0.3 is 14.6 Å². The molecule has 0 aliphatic carbocycles. The maximum absolute atomic E-state index is 12.7. The zero-order chi connectivity index (χ0) is 19.7. The molecule has 2 aromatic rings. The molecule has 0 bridgehead atoms. The van der Waals surface area contributed by atoms with Crippen LogP contribution in [0.5, 0.6) is 0 Å². The minimum absolute atomic E-state index is 0.203. The molecule has 4 rings (SSSR count). The fourth-order valence-electron chi connectivity index (χ4n) is 4.32. The van der Waals surface area contributed by atoms with Crippen LogP contribution in [0.1, 0.15) is 13.3 Å². The van der Waals surface area contributed by atoms with Gasteiger partial charge in [0.25, 0.3) is 0 Å². The zero-order valence-corrected chi connectivity index (χ0v) is 16.1. The largest absolute Gasteiger partial charge is 0.445 e. The first-order chi connectivity index (χ1) is 13.6. The highest BCUT2D eigenvalue weighted by atomic mass is 16.6. The summed E-state index contributed by atoms with van der Waals surface area (Å²) in [6.45, 7) is 12.1. The summed E-state index contributed by atoms with van der Waals surface area (Å²) < 4.78 is 5.54. The van der Waals surface area contributed by atoms with Gasteiger partial charge in [-0.15, -0.1) is 0 Å². The number of fused-ring (bicyclic) bond motifs is 1. The van der Waals surface area contributed by atoms with Gasteiger partial charge in [-0.1, -0.05) is 38.3 Å². The molecule has 2 atom stereocenters. The predicted octanol–water partition coefficient (Wildman–Crippen LogP) is 3.29. The summed E-state index contributed by atoms with van der Waals surface area (Å²) in [5, 5.41) is 1.01. The molecule has 1 amide bonds. The summed E-state index contributed by atoms with van der Waals surface area (Å²) in [6.07, 6.45) is 9.22. The van der Waals surface area contributed by atoms with E-state index in [2.05, 4.69) is 39.9 Å². The molecule has 1 N–H and O–H groups in total. The number of rotatable bonds is 5. The Kier molecular flexibility index (Phi) is 4.66. The number of ether oxygens (including phenoxy) is 1. The number of hydrogen-bond donors (Lipinski definition) is 1. The van der Waals surface area contributed by atoms with Gasteiger partial charge in [0, 0.05) is 25.8 Å². The van der Waals surface area contributed by atoms with Crippen LogP contribution < -0.4 is 4.90 Å². The smallest absolute Gasteiger partial charge is 0.410 e. The van der Waals surface area contributed by atoms with Gasteiger partial charge in [0.1, 0.15) is 24.4 Å². The molecular formula is C21H25N5O2. The number of likely N-dealkylation sites (tertiary alicyclic amines) is 1. The van der Waals surface area contributed by atoms with Crippen molar-refractivity contribution in [1.82, 2.24) is 19.9 Å². The summed E-state index contributed by atoms with van der Waals surface area (Å²) in [6, 6.07) is 1.99. The van der Waals surface area contributed by atoms with E-state index in [1.807, 2.05) is 17.2 Å². The molecule has 2 saturated heterocycles. The molecule has 0 radical (unpaired) electrons. The number of aromatic amines is 1. The van der Waals surface area contributed by atoms with Crippen LogP contribution in [0, 0.1) is 5.92 Å². The van der Waals surface area contributed by atoms with Crippen molar-refractivity contribution in [3.8, 4) is 0 Å². The highest BCUT2D eigenvalue weighted by molar-refractivity contribution is 5.87. The molecule has 0 unspecified atom stereocenters. The average Bonchev–Trinajstić information content (AvgIpc) is 3.37. The molecule has 7 nitrogen and oxygen atoms in total. The second-order valence-electron chi connectivity index (χ2n) is 7.46. The summed E-state index contributed by atoms with van der Waals surface area (Å²) in [5.74, 6) is 1.33. The van der Waals surface area contributed by atoms with E-state index in [4.69, 9.17) is 4.74 Å². The maximum atomic E-state index is 12.7. The summed E-state index contributed by atoms with van der Waals surface area (Å²) in [4.78, 5) is 28.8. The van der Waals surface area contributed by atoms with Crippen molar-refractivity contribution in [2.75, 3.05) is 31.1 Å². The first-order valence-corrected chi connectivity index (χ1v) is 9.50. The Morgan fingerprint density at radius 1 is 1.46 bits per heavy atom. The number of carbonyl (C=O) groups excluding carboxylic acids is 1. The molecule has 2 fully saturated rings. The van der Waals surface area contributed by atoms with Crippen LogP contribution in [0.15, 0.2) is 55.5 Å². The molecule has 4 heterocycles. The Bertz CT molecular complexity index is 949. The van der Waals surface area contributed by atoms with E-state index in [0.29, 0.717) is 12.5 Å². The number of allylic oxidation sites excluding steroid dienone is 2. The number of nitrogens with zero attached hydrogens (tertiary/aromatic N) is 4. The van der Waals surface area contributed by atoms with Crippen molar-refractivity contribution in [2.45, 2.75) is 18.9 Å². The number of anilines is 1. The van der Waals surface area contributed by atoms with E-state index in [0.717, 1.165) is 41.9 Å². The Balaban J connectivity index is 1.49. The molecule has 2 aliphatic rings. The fraction of sp³-hybridized carbons (Fsp3) is 0.381. The molecule has 1 spiro atoms. The van der Waals surface area contributed by atoms with Gasteiger partial charge in [0.15, 0.2) is 0 Å². The monoisotopic (exact) mass is 379 g/mol. The fourth-order valence-corrected chi connectivity index (χ4v) is 4.32. The third-order valence-electron chi connectivity index (χ3n) is 6.00. The molecule has 0 saturated carbocycles. The number of amides is 1. The van der Waals surface area contributed by atoms with Gasteiger partial charge in [-0.2, -0.15) is 0 Å². The van der Waals surface area contributed by atoms with Crippen molar-refractivity contribution in [2.24, 2.45) is 5.92 Å². The second kappa shape index (κ2) is 7.14. The van der Waals surface area contributed by atoms with Crippen LogP contribution in [-0.4, -0.2) is 57.7 Å². The Morgan fingerprint density at radius 3 is 3.07 bits per heavy atom. The van der Waals surface area contributed by atoms with E-state index in [9.17, 15) is 4.79 Å². The molecular weight excluding hydrogens is 354 g/mol. The second-order valence-corrected chi connectivity index (χ2v) is 7.46. The minimum atomic E-state index is -0.272. The third kappa shape index (κ3) is 2.87. The number of aromatic nitrogens is 3. The van der Waals surface area contributed by atoms with Crippen LogP contribution in [0.2, 0.25) is 0 Å². The highest BCUT2D eigenvalue weighted by Crippen LogP contribution is 2.45. The Morgan fingerprint density at radius 2 is 2.32 bits per heavy atom. The first kappa shape index (κ1) is 18.3. The van der Waals surface area contributed by atoms with E-state index >= 15 is 0 Å². The van der Waals surface area contributed by atoms with Gasteiger partial charge in [-0.25, -0.2) is 14.8 Å². The van der Waals surface area contributed by atoms with Crippen molar-refractivity contribution in [3.63, 3.8) is 0 Å². The number of nitrogens with one attached hydrogen (secondary N) is 1. The predicted molar refractivity (Wildman–Crippen MR) is 109 cm³/mol. The third-order valence-corrected chi connectivity index (χ3v) is 6.00. The quantitative estimate of drug-likeness (QED) is 0.807. The van der Waals surface area contributed by atoms with Crippen LogP contribution >= 0.6 is 0 Å². The molecule has 7 heteroatoms. The lowest BCUT2D eigenvalue weighted by molar-refractivity contribution is -0.0466. The molecule has 28 heavy (non-hydrogen) atoms. The summed E-state index contributed by atoms with van der Waals surface area (Å²) >= 11 is 0. The molecule has 146 valence electrons.